The van der Waals surface area contributed by atoms with Gasteiger partial charge in [0, 0.05) is 57.9 Å². The van der Waals surface area contributed by atoms with Crippen LogP contribution in [0.5, 0.6) is 0 Å². The molecule has 3 aromatic rings. The van der Waals surface area contributed by atoms with Crippen LogP contribution in [0.3, 0.4) is 0 Å². The highest BCUT2D eigenvalue weighted by Gasteiger charge is 2.40. The van der Waals surface area contributed by atoms with Crippen molar-refractivity contribution in [3.8, 4) is 0 Å². The van der Waals surface area contributed by atoms with Gasteiger partial charge in [-0.2, -0.15) is 18.2 Å². The molecule has 0 saturated carbocycles. The maximum Gasteiger partial charge on any atom is 0.421 e. The maximum atomic E-state index is 14.0. The minimum atomic E-state index is -4.64. The first-order valence-corrected chi connectivity index (χ1v) is 14.2. The monoisotopic (exact) mass is 568 g/mol. The van der Waals surface area contributed by atoms with E-state index in [1.165, 1.54) is 5.06 Å². The van der Waals surface area contributed by atoms with Crippen molar-refractivity contribution in [3.05, 3.63) is 66.0 Å². The van der Waals surface area contributed by atoms with Gasteiger partial charge in [0.2, 0.25) is 5.95 Å². The minimum Gasteiger partial charge on any atom is -0.370 e. The van der Waals surface area contributed by atoms with Crippen LogP contribution in [0.4, 0.5) is 36.4 Å². The number of aromatic nitrogens is 3. The van der Waals surface area contributed by atoms with E-state index in [9.17, 15) is 13.2 Å². The summed E-state index contributed by atoms with van der Waals surface area (Å²) in [6, 6.07) is 13.3. The van der Waals surface area contributed by atoms with Crippen LogP contribution in [0.2, 0.25) is 0 Å². The molecule has 3 fully saturated rings. The van der Waals surface area contributed by atoms with Crippen molar-refractivity contribution in [2.24, 2.45) is 0 Å². The Morgan fingerprint density at radius 1 is 0.878 bits per heavy atom. The highest BCUT2D eigenvalue weighted by molar-refractivity contribution is 5.57. The molecular formula is C29H35F3N8O. The molecule has 41 heavy (non-hydrogen) atoms. The molecule has 0 radical (unpaired) electrons. The van der Waals surface area contributed by atoms with Crippen molar-refractivity contribution in [1.82, 2.24) is 24.8 Å². The fraction of sp³-hybridized carbons (Fsp3) is 0.483. The molecule has 6 rings (SSSR count). The third-order valence-electron chi connectivity index (χ3n) is 8.24. The zero-order valence-electron chi connectivity index (χ0n) is 23.1. The number of halogens is 3. The lowest BCUT2D eigenvalue weighted by molar-refractivity contribution is -0.138. The van der Waals surface area contributed by atoms with Crippen LogP contribution in [-0.2, 0) is 11.0 Å². The lowest BCUT2D eigenvalue weighted by Gasteiger charge is -2.42. The molecule has 0 spiro atoms. The summed E-state index contributed by atoms with van der Waals surface area (Å²) >= 11 is 0. The maximum absolute atomic E-state index is 14.0. The molecule has 3 saturated heterocycles. The van der Waals surface area contributed by atoms with Crippen LogP contribution in [0, 0.1) is 0 Å². The topological polar surface area (TPSA) is 72.9 Å². The molecular weight excluding hydrogens is 533 g/mol. The minimum absolute atomic E-state index is 0.0172. The van der Waals surface area contributed by atoms with Gasteiger partial charge in [-0.25, -0.2) is 15.0 Å². The average Bonchev–Trinajstić information content (AvgIpc) is 3.48. The number of piperidine rings is 1. The number of nitrogens with zero attached hydrogens (tertiary/aromatic N) is 7. The van der Waals surface area contributed by atoms with E-state index in [2.05, 4.69) is 42.0 Å². The lowest BCUT2D eigenvalue weighted by Crippen LogP contribution is -2.52. The van der Waals surface area contributed by atoms with Gasteiger partial charge in [0.1, 0.15) is 11.4 Å². The van der Waals surface area contributed by atoms with Gasteiger partial charge >= 0.3 is 6.18 Å². The Morgan fingerprint density at radius 2 is 1.63 bits per heavy atom. The van der Waals surface area contributed by atoms with Gasteiger partial charge in [0.15, 0.2) is 5.82 Å². The molecule has 3 aliphatic rings. The van der Waals surface area contributed by atoms with Crippen LogP contribution < -0.4 is 15.3 Å². The Bertz CT molecular complexity index is 1290. The Morgan fingerprint density at radius 3 is 2.32 bits per heavy atom. The molecule has 0 amide bonds. The van der Waals surface area contributed by atoms with Gasteiger partial charge in [0.25, 0.3) is 0 Å². The van der Waals surface area contributed by atoms with Crippen molar-refractivity contribution < 1.29 is 18.0 Å². The molecule has 1 aromatic carbocycles. The van der Waals surface area contributed by atoms with Crippen LogP contribution in [-0.4, -0.2) is 83.7 Å². The Labute approximate surface area is 237 Å². The van der Waals surface area contributed by atoms with Crippen molar-refractivity contribution in [1.29, 1.82) is 0 Å². The molecule has 1 atom stereocenters. The largest absolute Gasteiger partial charge is 0.421 e. The lowest BCUT2D eigenvalue weighted by atomic mass is 10.0. The van der Waals surface area contributed by atoms with E-state index in [0.29, 0.717) is 24.9 Å². The quantitative estimate of drug-likeness (QED) is 0.454. The van der Waals surface area contributed by atoms with Gasteiger partial charge in [-0.15, -0.1) is 0 Å². The third kappa shape index (κ3) is 6.24. The van der Waals surface area contributed by atoms with Gasteiger partial charge in [-0.05, 0) is 37.6 Å². The number of likely N-dealkylation sites (N-methyl/N-ethyl adjacent to an activating group) is 1. The van der Waals surface area contributed by atoms with E-state index in [0.717, 1.165) is 69.6 Å². The highest BCUT2D eigenvalue weighted by Crippen LogP contribution is 2.41. The molecule has 1 unspecified atom stereocenters. The first-order chi connectivity index (χ1) is 19.8. The van der Waals surface area contributed by atoms with Crippen molar-refractivity contribution >= 4 is 23.3 Å². The van der Waals surface area contributed by atoms with Crippen molar-refractivity contribution in [3.63, 3.8) is 0 Å². The van der Waals surface area contributed by atoms with E-state index in [1.54, 1.807) is 6.20 Å². The number of rotatable bonds is 6. The van der Waals surface area contributed by atoms with Gasteiger partial charge in [-0.1, -0.05) is 30.3 Å². The summed E-state index contributed by atoms with van der Waals surface area (Å²) in [5, 5.41) is 4.23. The number of nitrogens with one attached hydrogen (secondary N) is 1. The first kappa shape index (κ1) is 27.7. The highest BCUT2D eigenvalue weighted by atomic mass is 19.4. The zero-order valence-corrected chi connectivity index (χ0v) is 23.1. The van der Waals surface area contributed by atoms with Crippen LogP contribution >= 0.6 is 0 Å². The third-order valence-corrected chi connectivity index (χ3v) is 8.24. The Kier molecular flexibility index (Phi) is 7.96. The standard InChI is InChI=1S/C29H35F3N8O/c1-37-14-16-39(17-15-37)22-9-12-38(13-10-22)23-7-8-26(33-19-23)35-28-34-20-24(29(30,31)32)27(36-28)40-25(11-18-41-40)21-5-3-2-4-6-21/h2-8,19-20,22,25H,9-18H2,1H3,(H,33,34,35,36). The number of pyridine rings is 1. The molecule has 0 bridgehead atoms. The number of alkyl halides is 3. The van der Waals surface area contributed by atoms with Gasteiger partial charge in [-0.3, -0.25) is 9.74 Å². The molecule has 1 N–H and O–H groups in total. The fourth-order valence-electron chi connectivity index (χ4n) is 5.89. The smallest absolute Gasteiger partial charge is 0.370 e. The second-order valence-electron chi connectivity index (χ2n) is 10.9. The number of hydrogen-bond donors (Lipinski definition) is 1. The Balaban J connectivity index is 1.14. The number of hydroxylamine groups is 1. The number of benzene rings is 1. The summed E-state index contributed by atoms with van der Waals surface area (Å²) in [4.78, 5) is 25.7. The fourth-order valence-corrected chi connectivity index (χ4v) is 5.89. The second-order valence-corrected chi connectivity index (χ2v) is 10.9. The molecule has 12 heteroatoms. The van der Waals surface area contributed by atoms with Crippen molar-refractivity contribution in [2.75, 3.05) is 68.2 Å². The number of anilines is 4. The summed E-state index contributed by atoms with van der Waals surface area (Å²) in [7, 11) is 2.18. The number of piperazine rings is 1. The molecule has 218 valence electrons. The Hall–Kier alpha value is -3.48. The summed E-state index contributed by atoms with van der Waals surface area (Å²) in [6.45, 7) is 6.74. The zero-order chi connectivity index (χ0) is 28.4. The molecule has 9 nitrogen and oxygen atoms in total. The van der Waals surface area contributed by atoms with E-state index in [1.807, 2.05) is 42.5 Å². The summed E-state index contributed by atoms with van der Waals surface area (Å²) < 4.78 is 41.9. The predicted octanol–water partition coefficient (Wildman–Crippen LogP) is 4.73. The van der Waals surface area contributed by atoms with Crippen LogP contribution in [0.1, 0.15) is 36.4 Å². The number of hydrogen-bond acceptors (Lipinski definition) is 9. The van der Waals surface area contributed by atoms with Gasteiger partial charge in [0.05, 0.1) is 24.5 Å². The van der Waals surface area contributed by atoms with E-state index in [4.69, 9.17) is 4.84 Å². The van der Waals surface area contributed by atoms with Crippen LogP contribution in [0.25, 0.3) is 0 Å². The summed E-state index contributed by atoms with van der Waals surface area (Å²) in [5.41, 5.74) is 0.933. The normalized spacial score (nSPS) is 21.4. The van der Waals surface area contributed by atoms with Crippen molar-refractivity contribution in [2.45, 2.75) is 37.5 Å². The predicted molar refractivity (Wildman–Crippen MR) is 151 cm³/mol. The average molecular weight is 569 g/mol. The summed E-state index contributed by atoms with van der Waals surface area (Å²) in [6.07, 6.45) is 0.733. The summed E-state index contributed by atoms with van der Waals surface area (Å²) in [5.74, 6) is 0.151. The molecule has 3 aliphatic heterocycles. The van der Waals surface area contributed by atoms with Crippen LogP contribution in [0.15, 0.2) is 54.9 Å². The molecule has 2 aromatic heterocycles. The SMILES string of the molecule is CN1CCN(C2CCN(c3ccc(Nc4ncc(C(F)(F)F)c(N5OCCC5c5ccccc5)n4)nc3)CC2)CC1. The van der Waals surface area contributed by atoms with E-state index < -0.39 is 17.8 Å². The molecule has 0 aliphatic carbocycles. The molecule has 5 heterocycles. The van der Waals surface area contributed by atoms with E-state index >= 15 is 0 Å². The van der Waals surface area contributed by atoms with E-state index in [-0.39, 0.29) is 11.8 Å². The van der Waals surface area contributed by atoms with Gasteiger partial charge < -0.3 is 15.1 Å². The first-order valence-electron chi connectivity index (χ1n) is 14.2. The second kappa shape index (κ2) is 11.8.